The van der Waals surface area contributed by atoms with Gasteiger partial charge in [0.1, 0.15) is 11.3 Å². The molecule has 5 aromatic rings. The smallest absolute Gasteiger partial charge is 0.241 e. The monoisotopic (exact) mass is 719 g/mol. The maximum atomic E-state index is 15.0. The first kappa shape index (κ1) is 32.2. The Balaban J connectivity index is 1.11. The molecule has 6 atom stereocenters. The van der Waals surface area contributed by atoms with Crippen molar-refractivity contribution in [3.05, 3.63) is 119 Å². The van der Waals surface area contributed by atoms with Gasteiger partial charge in [0.25, 0.3) is 0 Å². The summed E-state index contributed by atoms with van der Waals surface area (Å²) >= 11 is 6.06. The number of rotatable bonds is 4. The fourth-order valence-corrected chi connectivity index (χ4v) is 9.17. The van der Waals surface area contributed by atoms with Crippen LogP contribution in [0.4, 0.5) is 20.2 Å². The third kappa shape index (κ3) is 4.41. The van der Waals surface area contributed by atoms with Crippen LogP contribution in [-0.2, 0) is 19.2 Å². The Bertz CT molecular complexity index is 2390. The number of aromatic nitrogens is 1. The summed E-state index contributed by atoms with van der Waals surface area (Å²) in [7, 11) is 0. The molecule has 2 aliphatic carbocycles. The Morgan fingerprint density at radius 2 is 1.60 bits per heavy atom. The van der Waals surface area contributed by atoms with Crippen molar-refractivity contribution in [1.82, 2.24) is 4.98 Å². The minimum Gasteiger partial charge on any atom is -0.505 e. The lowest BCUT2D eigenvalue weighted by Gasteiger charge is -2.49. The van der Waals surface area contributed by atoms with Crippen molar-refractivity contribution in [3.8, 4) is 17.2 Å². The third-order valence-electron chi connectivity index (χ3n) is 11.4. The maximum Gasteiger partial charge on any atom is 0.241 e. The van der Waals surface area contributed by atoms with Crippen molar-refractivity contribution < 1.29 is 37.5 Å². The third-order valence-corrected chi connectivity index (χ3v) is 11.7. The number of phenolic OH excluding ortho intramolecular Hbond substituents is 1. The summed E-state index contributed by atoms with van der Waals surface area (Å²) in [4.78, 5) is 64.0. The van der Waals surface area contributed by atoms with E-state index in [0.717, 1.165) is 17.0 Å². The molecule has 4 aromatic carbocycles. The van der Waals surface area contributed by atoms with Crippen molar-refractivity contribution in [3.63, 3.8) is 0 Å². The van der Waals surface area contributed by atoms with E-state index in [1.54, 1.807) is 31.2 Å². The van der Waals surface area contributed by atoms with Crippen LogP contribution in [0.15, 0.2) is 101 Å². The van der Waals surface area contributed by atoms with Gasteiger partial charge in [0.2, 0.25) is 29.5 Å². The lowest BCUT2D eigenvalue weighted by atomic mass is 9.51. The van der Waals surface area contributed by atoms with E-state index >= 15 is 0 Å². The fourth-order valence-electron chi connectivity index (χ4n) is 9.00. The van der Waals surface area contributed by atoms with E-state index in [2.05, 4.69) is 4.98 Å². The number of anilines is 2. The number of hydrogen-bond acceptors (Lipinski definition) is 7. The standard InChI is InChI=1S/C40H28ClF2N3O6/c1-40-26(37(49)46(39(40)51)21-13-16-28(42)27(41)17-21)18-25-22(33(40)24-5-4-6-29(43)34(24)47)14-15-23-32(25)38(50)45(36(23)48)20-11-9-19(10-12-20)35-44-30-7-2-3-8-31(30)52-35/h2-14,16-17,23,25-26,32-33,47H,15,18H2,1H3. The number of carbonyl (C=O) groups is 4. The van der Waals surface area contributed by atoms with Gasteiger partial charge in [0, 0.05) is 17.0 Å². The molecule has 6 unspecified atom stereocenters. The van der Waals surface area contributed by atoms with E-state index in [4.69, 9.17) is 16.0 Å². The zero-order valence-corrected chi connectivity index (χ0v) is 28.2. The molecule has 52 heavy (non-hydrogen) atoms. The average molecular weight is 720 g/mol. The summed E-state index contributed by atoms with van der Waals surface area (Å²) in [6.07, 6.45) is 2.00. The molecule has 1 saturated carbocycles. The summed E-state index contributed by atoms with van der Waals surface area (Å²) in [6, 6.07) is 21.6. The number of amides is 4. The Morgan fingerprint density at radius 3 is 2.35 bits per heavy atom. The van der Waals surface area contributed by atoms with Gasteiger partial charge in [-0.25, -0.2) is 18.7 Å². The number of allylic oxidation sites excluding steroid dienone is 2. The van der Waals surface area contributed by atoms with Gasteiger partial charge in [-0.2, -0.15) is 0 Å². The number of hydrogen-bond donors (Lipinski definition) is 1. The van der Waals surface area contributed by atoms with Crippen molar-refractivity contribution >= 4 is 57.7 Å². The molecule has 9 rings (SSSR count). The van der Waals surface area contributed by atoms with Gasteiger partial charge in [-0.1, -0.05) is 47.5 Å². The van der Waals surface area contributed by atoms with Gasteiger partial charge in [-0.05, 0) is 86.3 Å². The summed E-state index contributed by atoms with van der Waals surface area (Å²) < 4.78 is 35.0. The Labute approximate surface area is 300 Å². The summed E-state index contributed by atoms with van der Waals surface area (Å²) in [5, 5.41) is 10.8. The minimum absolute atomic E-state index is 0.0373. The van der Waals surface area contributed by atoms with E-state index in [0.29, 0.717) is 33.8 Å². The van der Waals surface area contributed by atoms with Crippen molar-refractivity contribution in [2.45, 2.75) is 25.7 Å². The molecule has 0 radical (unpaired) electrons. The number of aromatic hydroxyl groups is 1. The van der Waals surface area contributed by atoms with Crippen LogP contribution in [-0.4, -0.2) is 33.7 Å². The molecule has 2 saturated heterocycles. The number of fused-ring (bicyclic) bond motifs is 5. The number of para-hydroxylation sites is 3. The SMILES string of the molecule is CC12C(=O)N(c3ccc(F)c(Cl)c3)C(=O)C1CC1C(=CCC3C(=O)N(c4ccc(-c5nc6ccccc6o5)cc4)C(=O)C31)C2c1cccc(F)c1O. The lowest BCUT2D eigenvalue weighted by molar-refractivity contribution is -0.131. The molecule has 1 aromatic heterocycles. The first-order valence-electron chi connectivity index (χ1n) is 16.8. The summed E-state index contributed by atoms with van der Waals surface area (Å²) in [5.41, 5.74) is 1.52. The highest BCUT2D eigenvalue weighted by Gasteiger charge is 2.68. The van der Waals surface area contributed by atoms with Crippen LogP contribution < -0.4 is 9.80 Å². The molecule has 1 N–H and O–H groups in total. The summed E-state index contributed by atoms with van der Waals surface area (Å²) in [5.74, 6) is -8.39. The number of imide groups is 2. The molecular weight excluding hydrogens is 692 g/mol. The van der Waals surface area contributed by atoms with Crippen LogP contribution >= 0.6 is 11.6 Å². The number of phenols is 1. The number of oxazole rings is 1. The Kier molecular flexibility index (Phi) is 7.08. The highest BCUT2D eigenvalue weighted by Crippen LogP contribution is 2.64. The first-order chi connectivity index (χ1) is 25.0. The molecule has 0 bridgehead atoms. The molecule has 260 valence electrons. The second-order valence-electron chi connectivity index (χ2n) is 14.0. The molecule has 4 aliphatic rings. The van der Waals surface area contributed by atoms with E-state index < -0.39 is 76.0 Å². The van der Waals surface area contributed by atoms with Crippen LogP contribution in [0.5, 0.6) is 5.75 Å². The lowest BCUT2D eigenvalue weighted by Crippen LogP contribution is -2.49. The molecule has 2 aliphatic heterocycles. The van der Waals surface area contributed by atoms with E-state index in [9.17, 15) is 33.1 Å². The number of benzene rings is 4. The quantitative estimate of drug-likeness (QED) is 0.150. The van der Waals surface area contributed by atoms with Gasteiger partial charge in [-0.15, -0.1) is 0 Å². The fraction of sp³-hybridized carbons (Fsp3) is 0.225. The second kappa shape index (κ2) is 11.4. The molecular formula is C40H28ClF2N3O6. The molecule has 12 heteroatoms. The Hall–Kier alpha value is -5.68. The second-order valence-corrected chi connectivity index (χ2v) is 14.4. The normalized spacial score (nSPS) is 26.8. The minimum atomic E-state index is -1.54. The van der Waals surface area contributed by atoms with Gasteiger partial charge >= 0.3 is 0 Å². The van der Waals surface area contributed by atoms with Crippen LogP contribution in [0.25, 0.3) is 22.6 Å². The molecule has 3 heterocycles. The Morgan fingerprint density at radius 1 is 0.846 bits per heavy atom. The number of nitrogens with zero attached hydrogens (tertiary/aromatic N) is 3. The van der Waals surface area contributed by atoms with E-state index in [-0.39, 0.29) is 29.1 Å². The highest BCUT2D eigenvalue weighted by atomic mass is 35.5. The van der Waals surface area contributed by atoms with E-state index in [1.165, 1.54) is 29.2 Å². The molecule has 4 amide bonds. The van der Waals surface area contributed by atoms with Gasteiger partial charge < -0.3 is 9.52 Å². The van der Waals surface area contributed by atoms with Crippen LogP contribution in [0, 0.1) is 40.7 Å². The zero-order valence-electron chi connectivity index (χ0n) is 27.4. The molecule has 0 spiro atoms. The van der Waals surface area contributed by atoms with E-state index in [1.807, 2.05) is 30.3 Å². The predicted molar refractivity (Wildman–Crippen MR) is 186 cm³/mol. The predicted octanol–water partition coefficient (Wildman–Crippen LogP) is 7.57. The van der Waals surface area contributed by atoms with Crippen molar-refractivity contribution in [2.75, 3.05) is 9.80 Å². The van der Waals surface area contributed by atoms with Crippen molar-refractivity contribution in [1.29, 1.82) is 0 Å². The zero-order chi connectivity index (χ0) is 36.2. The topological polar surface area (TPSA) is 121 Å². The van der Waals surface area contributed by atoms with Gasteiger partial charge in [0.15, 0.2) is 17.1 Å². The van der Waals surface area contributed by atoms with Crippen LogP contribution in [0.3, 0.4) is 0 Å². The largest absolute Gasteiger partial charge is 0.505 e. The number of carbonyl (C=O) groups excluding carboxylic acids is 4. The van der Waals surface area contributed by atoms with Crippen LogP contribution in [0.2, 0.25) is 5.02 Å². The van der Waals surface area contributed by atoms with Crippen molar-refractivity contribution in [2.24, 2.45) is 29.1 Å². The van der Waals surface area contributed by atoms with Gasteiger partial charge in [-0.3, -0.25) is 24.1 Å². The maximum absolute atomic E-state index is 15.0. The number of halogens is 3. The van der Waals surface area contributed by atoms with Crippen LogP contribution in [0.1, 0.15) is 31.2 Å². The summed E-state index contributed by atoms with van der Waals surface area (Å²) in [6.45, 7) is 1.60. The molecule has 3 fully saturated rings. The molecule has 9 nitrogen and oxygen atoms in total. The first-order valence-corrected chi connectivity index (χ1v) is 17.2. The highest BCUT2D eigenvalue weighted by molar-refractivity contribution is 6.32. The van der Waals surface area contributed by atoms with Gasteiger partial charge in [0.05, 0.1) is 39.6 Å². The average Bonchev–Trinajstić information content (AvgIpc) is 3.74.